The molecule has 1 aromatic rings. The molecule has 0 aliphatic rings. The lowest BCUT2D eigenvalue weighted by atomic mass is 10.1. The lowest BCUT2D eigenvalue weighted by molar-refractivity contribution is -0.139. The van der Waals surface area contributed by atoms with Crippen molar-refractivity contribution in [2.75, 3.05) is 7.11 Å². The Morgan fingerprint density at radius 2 is 2.33 bits per heavy atom. The fourth-order valence-electron chi connectivity index (χ4n) is 1.04. The van der Waals surface area contributed by atoms with E-state index < -0.39 is 11.8 Å². The van der Waals surface area contributed by atoms with E-state index in [1.54, 1.807) is 0 Å². The number of halogens is 2. The van der Waals surface area contributed by atoms with Crippen LogP contribution in [0.25, 0.3) is 0 Å². The maximum absolute atomic E-state index is 13.3. The monoisotopic (exact) mass is 271 g/mol. The molecule has 3 nitrogen and oxygen atoms in total. The number of nitrogens with zero attached hydrogens (tertiary/aromatic N) is 1. The molecule has 0 amide bonds. The quantitative estimate of drug-likeness (QED) is 0.775. The van der Waals surface area contributed by atoms with Gasteiger partial charge in [-0.3, -0.25) is 4.79 Å². The molecule has 0 fully saturated rings. The molecule has 0 spiro atoms. The van der Waals surface area contributed by atoms with Crippen LogP contribution in [0, 0.1) is 17.1 Å². The molecular weight excluding hydrogens is 265 g/mol. The highest BCUT2D eigenvalue weighted by Crippen LogP contribution is 2.21. The second-order valence-electron chi connectivity index (χ2n) is 2.79. The Labute approximate surface area is 94.6 Å². The van der Waals surface area contributed by atoms with Crippen LogP contribution in [0.5, 0.6) is 0 Å². The van der Waals surface area contributed by atoms with E-state index >= 15 is 0 Å². The second-order valence-corrected chi connectivity index (χ2v) is 3.64. The summed E-state index contributed by atoms with van der Waals surface area (Å²) in [5.41, 5.74) is 0.442. The van der Waals surface area contributed by atoms with Crippen molar-refractivity contribution in [2.24, 2.45) is 0 Å². The average Bonchev–Trinajstić information content (AvgIpc) is 2.21. The predicted molar refractivity (Wildman–Crippen MR) is 54.5 cm³/mol. The molecule has 0 saturated carbocycles. The van der Waals surface area contributed by atoms with E-state index in [-0.39, 0.29) is 17.5 Å². The smallest absolute Gasteiger partial charge is 0.310 e. The molecule has 1 aromatic carbocycles. The largest absolute Gasteiger partial charge is 0.469 e. The van der Waals surface area contributed by atoms with Gasteiger partial charge in [0.15, 0.2) is 0 Å². The fraction of sp³-hybridized carbons (Fsp3) is 0.200. The number of ether oxygens (including phenoxy) is 1. The molecule has 0 aromatic heterocycles. The van der Waals surface area contributed by atoms with E-state index in [0.29, 0.717) is 4.47 Å². The minimum absolute atomic E-state index is 0.154. The van der Waals surface area contributed by atoms with E-state index in [0.717, 1.165) is 6.07 Å². The number of benzene rings is 1. The Bertz CT molecular complexity index is 440. The zero-order valence-electron chi connectivity index (χ0n) is 7.88. The van der Waals surface area contributed by atoms with Gasteiger partial charge in [-0.25, -0.2) is 4.39 Å². The van der Waals surface area contributed by atoms with Gasteiger partial charge >= 0.3 is 5.97 Å². The summed E-state index contributed by atoms with van der Waals surface area (Å²) in [5, 5.41) is 8.71. The molecule has 0 N–H and O–H groups in total. The van der Waals surface area contributed by atoms with Crippen molar-refractivity contribution in [1.29, 1.82) is 5.26 Å². The van der Waals surface area contributed by atoms with Gasteiger partial charge in [-0.2, -0.15) is 5.26 Å². The van der Waals surface area contributed by atoms with Gasteiger partial charge in [0.05, 0.1) is 19.1 Å². The van der Waals surface area contributed by atoms with Crippen LogP contribution in [0.3, 0.4) is 0 Å². The van der Waals surface area contributed by atoms with Gasteiger partial charge in [0, 0.05) is 10.0 Å². The van der Waals surface area contributed by atoms with E-state index in [4.69, 9.17) is 5.26 Å². The number of hydrogen-bond acceptors (Lipinski definition) is 3. The molecule has 0 bridgehead atoms. The van der Waals surface area contributed by atoms with Crippen molar-refractivity contribution in [1.82, 2.24) is 0 Å². The Kier molecular flexibility index (Phi) is 3.81. The predicted octanol–water partition coefficient (Wildman–Crippen LogP) is 2.18. The first-order valence-electron chi connectivity index (χ1n) is 4.03. The van der Waals surface area contributed by atoms with Crippen LogP contribution in [0.15, 0.2) is 16.6 Å². The summed E-state index contributed by atoms with van der Waals surface area (Å²) < 4.78 is 18.1. The molecule has 0 heterocycles. The van der Waals surface area contributed by atoms with Gasteiger partial charge in [-0.05, 0) is 28.1 Å². The van der Waals surface area contributed by atoms with Crippen LogP contribution >= 0.6 is 15.9 Å². The standard InChI is InChI=1S/C10H7BrFNO2/c1-15-10(14)3-6-2-7(5-13)8(11)4-9(6)12/h2,4H,3H2,1H3. The van der Waals surface area contributed by atoms with Gasteiger partial charge in [-0.1, -0.05) is 0 Å². The maximum Gasteiger partial charge on any atom is 0.310 e. The molecular formula is C10H7BrFNO2. The highest BCUT2D eigenvalue weighted by atomic mass is 79.9. The number of rotatable bonds is 2. The maximum atomic E-state index is 13.3. The van der Waals surface area contributed by atoms with Crippen molar-refractivity contribution < 1.29 is 13.9 Å². The molecule has 0 saturated heterocycles. The number of carbonyl (C=O) groups excluding carboxylic acids is 1. The van der Waals surface area contributed by atoms with Gasteiger partial charge < -0.3 is 4.74 Å². The molecule has 1 rings (SSSR count). The van der Waals surface area contributed by atoms with Crippen molar-refractivity contribution >= 4 is 21.9 Å². The minimum atomic E-state index is -0.542. The molecule has 78 valence electrons. The lowest BCUT2D eigenvalue weighted by Gasteiger charge is -2.03. The summed E-state index contributed by atoms with van der Waals surface area (Å²) in [6.45, 7) is 0. The summed E-state index contributed by atoms with van der Waals surface area (Å²) in [6, 6.07) is 4.38. The second kappa shape index (κ2) is 4.89. The first kappa shape index (κ1) is 11.7. The van der Waals surface area contributed by atoms with Crippen molar-refractivity contribution in [3.8, 4) is 6.07 Å². The van der Waals surface area contributed by atoms with E-state index in [9.17, 15) is 9.18 Å². The number of carbonyl (C=O) groups is 1. The normalized spacial score (nSPS) is 9.47. The zero-order valence-corrected chi connectivity index (χ0v) is 9.47. The van der Waals surface area contributed by atoms with Crippen molar-refractivity contribution in [2.45, 2.75) is 6.42 Å². The third-order valence-corrected chi connectivity index (χ3v) is 2.48. The SMILES string of the molecule is COC(=O)Cc1cc(C#N)c(Br)cc1F. The van der Waals surface area contributed by atoms with Crippen LogP contribution in [0.4, 0.5) is 4.39 Å². The highest BCUT2D eigenvalue weighted by molar-refractivity contribution is 9.10. The van der Waals surface area contributed by atoms with Crippen molar-refractivity contribution in [3.63, 3.8) is 0 Å². The molecule has 0 aliphatic carbocycles. The van der Waals surface area contributed by atoms with Crippen LogP contribution in [-0.2, 0) is 16.0 Å². The number of hydrogen-bond donors (Lipinski definition) is 0. The summed E-state index contributed by atoms with van der Waals surface area (Å²) in [5.74, 6) is -1.08. The Morgan fingerprint density at radius 3 is 2.87 bits per heavy atom. The molecule has 0 atom stereocenters. The first-order valence-corrected chi connectivity index (χ1v) is 4.82. The summed E-state index contributed by atoms with van der Waals surface area (Å²) >= 11 is 3.05. The van der Waals surface area contributed by atoms with E-state index in [1.807, 2.05) is 6.07 Å². The molecule has 0 aliphatic heterocycles. The lowest BCUT2D eigenvalue weighted by Crippen LogP contribution is -2.06. The first-order chi connectivity index (χ1) is 7.08. The highest BCUT2D eigenvalue weighted by Gasteiger charge is 2.11. The van der Waals surface area contributed by atoms with E-state index in [2.05, 4.69) is 20.7 Å². The number of methoxy groups -OCH3 is 1. The molecule has 0 unspecified atom stereocenters. The summed E-state index contributed by atoms with van der Waals surface area (Å²) in [6.07, 6.45) is -0.176. The number of esters is 1. The van der Waals surface area contributed by atoms with Crippen LogP contribution in [-0.4, -0.2) is 13.1 Å². The Morgan fingerprint density at radius 1 is 1.67 bits per heavy atom. The van der Waals surface area contributed by atoms with Gasteiger partial charge in [0.25, 0.3) is 0 Å². The summed E-state index contributed by atoms with van der Waals surface area (Å²) in [7, 11) is 1.23. The number of nitriles is 1. The third-order valence-electron chi connectivity index (χ3n) is 1.82. The molecule has 15 heavy (non-hydrogen) atoms. The Balaban J connectivity index is 3.09. The van der Waals surface area contributed by atoms with Gasteiger partial charge in [-0.15, -0.1) is 0 Å². The van der Waals surface area contributed by atoms with Gasteiger partial charge in [0.1, 0.15) is 11.9 Å². The summed E-state index contributed by atoms with van der Waals surface area (Å²) in [4.78, 5) is 10.9. The molecule has 0 radical (unpaired) electrons. The minimum Gasteiger partial charge on any atom is -0.469 e. The fourth-order valence-corrected chi connectivity index (χ4v) is 1.45. The van der Waals surface area contributed by atoms with Crippen LogP contribution < -0.4 is 0 Å². The zero-order chi connectivity index (χ0) is 11.4. The topological polar surface area (TPSA) is 50.1 Å². The molecule has 5 heteroatoms. The third kappa shape index (κ3) is 2.77. The van der Waals surface area contributed by atoms with Crippen molar-refractivity contribution in [3.05, 3.63) is 33.5 Å². The van der Waals surface area contributed by atoms with Crippen LogP contribution in [0.1, 0.15) is 11.1 Å². The average molecular weight is 272 g/mol. The van der Waals surface area contributed by atoms with Gasteiger partial charge in [0.2, 0.25) is 0 Å². The van der Waals surface area contributed by atoms with Crippen LogP contribution in [0.2, 0.25) is 0 Å². The van der Waals surface area contributed by atoms with E-state index in [1.165, 1.54) is 13.2 Å². The Hall–Kier alpha value is -1.41.